The maximum Gasteiger partial charge on any atom is 0.251 e. The molecule has 0 bridgehead atoms. The Kier molecular flexibility index (Phi) is 4.15. The number of halogens is 1. The monoisotopic (exact) mass is 303 g/mol. The molecular weight excluding hydrogens is 290 g/mol. The molecule has 0 aromatic heterocycles. The Morgan fingerprint density at radius 2 is 1.89 bits per heavy atom. The second-order valence-corrected chi connectivity index (χ2v) is 5.04. The van der Waals surface area contributed by atoms with E-state index in [1.165, 1.54) is 0 Å². The van der Waals surface area contributed by atoms with Gasteiger partial charge in [0.05, 0.1) is 0 Å². The first-order valence-corrected chi connectivity index (χ1v) is 6.54. The maximum atomic E-state index is 12.1. The lowest BCUT2D eigenvalue weighted by Crippen LogP contribution is -2.23. The molecule has 0 saturated heterocycles. The van der Waals surface area contributed by atoms with E-state index in [-0.39, 0.29) is 5.91 Å². The number of hydrogen-bond acceptors (Lipinski definition) is 1. The summed E-state index contributed by atoms with van der Waals surface area (Å²) in [5.41, 5.74) is 2.78. The van der Waals surface area contributed by atoms with Gasteiger partial charge >= 0.3 is 0 Å². The second-order valence-electron chi connectivity index (χ2n) is 4.13. The molecule has 1 amide bonds. The summed E-state index contributed by atoms with van der Waals surface area (Å²) in [6, 6.07) is 15.6. The van der Waals surface area contributed by atoms with Crippen LogP contribution in [0.25, 0.3) is 0 Å². The average Bonchev–Trinajstić information content (AvgIpc) is 2.40. The zero-order valence-corrected chi connectivity index (χ0v) is 11.7. The topological polar surface area (TPSA) is 29.1 Å². The summed E-state index contributed by atoms with van der Waals surface area (Å²) in [4.78, 5) is 12.1. The zero-order valence-electron chi connectivity index (χ0n) is 10.1. The summed E-state index contributed by atoms with van der Waals surface area (Å²) in [5, 5.41) is 2.92. The number of carbonyl (C=O) groups excluding carboxylic acids is 1. The standard InChI is InChI=1S/C15H14BrNO/c1-11-7-8-13(16)9-14(11)15(18)17-10-12-5-3-2-4-6-12/h2-9H,10H2,1H3,(H,17,18). The highest BCUT2D eigenvalue weighted by Gasteiger charge is 2.08. The Bertz CT molecular complexity index is 552. The Labute approximate surface area is 115 Å². The van der Waals surface area contributed by atoms with Crippen LogP contribution in [0.3, 0.4) is 0 Å². The first-order chi connectivity index (χ1) is 8.66. The van der Waals surface area contributed by atoms with Crippen molar-refractivity contribution in [1.82, 2.24) is 5.32 Å². The lowest BCUT2D eigenvalue weighted by molar-refractivity contribution is 0.0950. The quantitative estimate of drug-likeness (QED) is 0.920. The number of hydrogen-bond donors (Lipinski definition) is 1. The van der Waals surface area contributed by atoms with Crippen LogP contribution in [-0.4, -0.2) is 5.91 Å². The fourth-order valence-corrected chi connectivity index (χ4v) is 2.07. The molecule has 0 spiro atoms. The van der Waals surface area contributed by atoms with Crippen LogP contribution >= 0.6 is 15.9 Å². The van der Waals surface area contributed by atoms with Crippen LogP contribution in [0, 0.1) is 6.92 Å². The zero-order chi connectivity index (χ0) is 13.0. The van der Waals surface area contributed by atoms with Crippen molar-refractivity contribution in [2.45, 2.75) is 13.5 Å². The SMILES string of the molecule is Cc1ccc(Br)cc1C(=O)NCc1ccccc1. The van der Waals surface area contributed by atoms with Crippen molar-refractivity contribution in [3.05, 3.63) is 69.7 Å². The van der Waals surface area contributed by atoms with Gasteiger partial charge in [0.25, 0.3) is 5.91 Å². The predicted octanol–water partition coefficient (Wildman–Crippen LogP) is 3.69. The van der Waals surface area contributed by atoms with Crippen LogP contribution in [-0.2, 0) is 6.54 Å². The van der Waals surface area contributed by atoms with Gasteiger partial charge in [-0.3, -0.25) is 4.79 Å². The van der Waals surface area contributed by atoms with Crippen LogP contribution < -0.4 is 5.32 Å². The van der Waals surface area contributed by atoms with Gasteiger partial charge in [-0.2, -0.15) is 0 Å². The number of nitrogens with one attached hydrogen (secondary N) is 1. The van der Waals surface area contributed by atoms with Crippen LogP contribution in [0.5, 0.6) is 0 Å². The van der Waals surface area contributed by atoms with Gasteiger partial charge in [0.15, 0.2) is 0 Å². The van der Waals surface area contributed by atoms with E-state index in [0.29, 0.717) is 12.1 Å². The summed E-state index contributed by atoms with van der Waals surface area (Å²) < 4.78 is 0.915. The molecule has 0 heterocycles. The van der Waals surface area contributed by atoms with Gasteiger partial charge in [0.2, 0.25) is 0 Å². The lowest BCUT2D eigenvalue weighted by Gasteiger charge is -2.08. The maximum absolute atomic E-state index is 12.1. The summed E-state index contributed by atoms with van der Waals surface area (Å²) in [7, 11) is 0. The van der Waals surface area contributed by atoms with Crippen molar-refractivity contribution in [1.29, 1.82) is 0 Å². The molecule has 0 fully saturated rings. The molecule has 0 radical (unpaired) electrons. The smallest absolute Gasteiger partial charge is 0.251 e. The van der Waals surface area contributed by atoms with Crippen LogP contribution in [0.1, 0.15) is 21.5 Å². The first kappa shape index (κ1) is 12.8. The van der Waals surface area contributed by atoms with E-state index in [1.807, 2.05) is 55.5 Å². The number of aryl methyl sites for hydroxylation is 1. The average molecular weight is 304 g/mol. The summed E-state index contributed by atoms with van der Waals surface area (Å²) in [6.07, 6.45) is 0. The second kappa shape index (κ2) is 5.83. The molecule has 1 N–H and O–H groups in total. The van der Waals surface area contributed by atoms with Gasteiger partial charge in [-0.05, 0) is 30.2 Å². The van der Waals surface area contributed by atoms with Crippen LogP contribution in [0.4, 0.5) is 0 Å². The molecule has 2 nitrogen and oxygen atoms in total. The third-order valence-electron chi connectivity index (χ3n) is 2.74. The van der Waals surface area contributed by atoms with Gasteiger partial charge in [-0.15, -0.1) is 0 Å². The van der Waals surface area contributed by atoms with Gasteiger partial charge in [0.1, 0.15) is 0 Å². The number of amides is 1. The lowest BCUT2D eigenvalue weighted by atomic mass is 10.1. The van der Waals surface area contributed by atoms with E-state index in [0.717, 1.165) is 15.6 Å². The predicted molar refractivity (Wildman–Crippen MR) is 76.5 cm³/mol. The van der Waals surface area contributed by atoms with E-state index in [1.54, 1.807) is 0 Å². The van der Waals surface area contributed by atoms with Gasteiger partial charge in [-0.1, -0.05) is 52.3 Å². The Morgan fingerprint density at radius 1 is 1.17 bits per heavy atom. The normalized spacial score (nSPS) is 10.1. The fourth-order valence-electron chi connectivity index (χ4n) is 1.71. The van der Waals surface area contributed by atoms with E-state index in [2.05, 4.69) is 21.2 Å². The largest absolute Gasteiger partial charge is 0.348 e. The molecule has 92 valence electrons. The van der Waals surface area contributed by atoms with Crippen LogP contribution in [0.2, 0.25) is 0 Å². The van der Waals surface area contributed by atoms with E-state index >= 15 is 0 Å². The molecule has 2 aromatic rings. The van der Waals surface area contributed by atoms with Crippen LogP contribution in [0.15, 0.2) is 53.0 Å². The minimum atomic E-state index is -0.0438. The molecule has 0 aliphatic rings. The van der Waals surface area contributed by atoms with E-state index in [4.69, 9.17) is 0 Å². The molecule has 2 aromatic carbocycles. The minimum Gasteiger partial charge on any atom is -0.348 e. The van der Waals surface area contributed by atoms with Gasteiger partial charge < -0.3 is 5.32 Å². The molecule has 0 aliphatic carbocycles. The molecule has 2 rings (SSSR count). The summed E-state index contributed by atoms with van der Waals surface area (Å²) >= 11 is 3.38. The molecule has 3 heteroatoms. The van der Waals surface area contributed by atoms with E-state index in [9.17, 15) is 4.79 Å². The fraction of sp³-hybridized carbons (Fsp3) is 0.133. The number of benzene rings is 2. The summed E-state index contributed by atoms with van der Waals surface area (Å²) in [6.45, 7) is 2.48. The molecule has 0 aliphatic heterocycles. The van der Waals surface area contributed by atoms with Gasteiger partial charge in [0, 0.05) is 16.6 Å². The first-order valence-electron chi connectivity index (χ1n) is 5.75. The molecule has 0 saturated carbocycles. The van der Waals surface area contributed by atoms with Crippen molar-refractivity contribution in [3.63, 3.8) is 0 Å². The highest BCUT2D eigenvalue weighted by molar-refractivity contribution is 9.10. The molecule has 18 heavy (non-hydrogen) atoms. The van der Waals surface area contributed by atoms with Crippen molar-refractivity contribution in [3.8, 4) is 0 Å². The summed E-state index contributed by atoms with van der Waals surface area (Å²) in [5.74, 6) is -0.0438. The number of carbonyl (C=O) groups is 1. The molecule has 0 unspecified atom stereocenters. The van der Waals surface area contributed by atoms with E-state index < -0.39 is 0 Å². The third-order valence-corrected chi connectivity index (χ3v) is 3.23. The Hall–Kier alpha value is -1.61. The highest BCUT2D eigenvalue weighted by Crippen LogP contribution is 2.16. The highest BCUT2D eigenvalue weighted by atomic mass is 79.9. The number of rotatable bonds is 3. The molecule has 0 atom stereocenters. The van der Waals surface area contributed by atoms with Crippen molar-refractivity contribution in [2.75, 3.05) is 0 Å². The minimum absolute atomic E-state index is 0.0438. The Balaban J connectivity index is 2.06. The van der Waals surface area contributed by atoms with Crippen molar-refractivity contribution in [2.24, 2.45) is 0 Å². The molecular formula is C15H14BrNO. The van der Waals surface area contributed by atoms with Crippen molar-refractivity contribution < 1.29 is 4.79 Å². The Morgan fingerprint density at radius 3 is 2.61 bits per heavy atom. The van der Waals surface area contributed by atoms with Crippen molar-refractivity contribution >= 4 is 21.8 Å². The third kappa shape index (κ3) is 3.20. The van der Waals surface area contributed by atoms with Gasteiger partial charge in [-0.25, -0.2) is 0 Å².